The van der Waals surface area contributed by atoms with Crippen molar-refractivity contribution in [2.24, 2.45) is 16.5 Å². The molecule has 0 unspecified atom stereocenters. The van der Waals surface area contributed by atoms with Crippen molar-refractivity contribution in [1.82, 2.24) is 5.32 Å². The van der Waals surface area contributed by atoms with Gasteiger partial charge in [-0.2, -0.15) is 13.2 Å². The number of nitrogens with zero attached hydrogens (tertiary/aromatic N) is 1. The Morgan fingerprint density at radius 2 is 2.00 bits per heavy atom. The van der Waals surface area contributed by atoms with Gasteiger partial charge < -0.3 is 26.3 Å². The van der Waals surface area contributed by atoms with Gasteiger partial charge in [0.15, 0.2) is 5.96 Å². The summed E-state index contributed by atoms with van der Waals surface area (Å²) in [4.78, 5) is 28.7. The molecular weight excluding hydrogens is 453 g/mol. The van der Waals surface area contributed by atoms with E-state index in [9.17, 15) is 22.8 Å². The Morgan fingerprint density at radius 1 is 1.31 bits per heavy atom. The van der Waals surface area contributed by atoms with Crippen LogP contribution in [0.5, 0.6) is 5.75 Å². The molecule has 0 fully saturated rings. The average Bonchev–Trinajstić information content (AvgIpc) is 2.69. The zero-order valence-corrected chi connectivity index (χ0v) is 18.2. The number of hydrogen-bond acceptors (Lipinski definition) is 5. The number of halogens is 4. The lowest BCUT2D eigenvalue weighted by Crippen LogP contribution is -2.48. The summed E-state index contributed by atoms with van der Waals surface area (Å²) in [6, 6.07) is 1.69. The Labute approximate surface area is 187 Å². The lowest BCUT2D eigenvalue weighted by Gasteiger charge is -2.30. The number of esters is 1. The second kappa shape index (κ2) is 10.6. The zero-order valence-electron chi connectivity index (χ0n) is 17.5. The van der Waals surface area contributed by atoms with E-state index in [1.807, 2.05) is 0 Å². The molecule has 2 rings (SSSR count). The van der Waals surface area contributed by atoms with Crippen molar-refractivity contribution >= 4 is 35.5 Å². The first-order valence-electron chi connectivity index (χ1n) is 9.63. The van der Waals surface area contributed by atoms with Crippen molar-refractivity contribution in [3.05, 3.63) is 33.9 Å². The van der Waals surface area contributed by atoms with Gasteiger partial charge in [-0.1, -0.05) is 11.6 Å². The Morgan fingerprint density at radius 3 is 2.59 bits per heavy atom. The van der Waals surface area contributed by atoms with Gasteiger partial charge in [0.05, 0.1) is 12.7 Å². The molecule has 0 spiro atoms. The third-order valence-corrected chi connectivity index (χ3v) is 4.86. The monoisotopic (exact) mass is 476 g/mol. The molecule has 1 heterocycles. The fraction of sp³-hybridized carbons (Fsp3) is 0.450. The molecule has 0 aliphatic carbocycles. The quantitative estimate of drug-likeness (QED) is 0.229. The molecule has 1 amide bonds. The molecule has 0 radical (unpaired) electrons. The molecule has 0 bridgehead atoms. The highest BCUT2D eigenvalue weighted by molar-refractivity contribution is 6.30. The molecule has 12 heteroatoms. The normalized spacial score (nSPS) is 16.2. The molecule has 0 aromatic heterocycles. The van der Waals surface area contributed by atoms with E-state index in [0.717, 1.165) is 13.2 Å². The molecule has 5 N–H and O–H groups in total. The van der Waals surface area contributed by atoms with E-state index in [-0.39, 0.29) is 28.7 Å². The molecule has 8 nitrogen and oxygen atoms in total. The lowest BCUT2D eigenvalue weighted by atomic mass is 9.98. The van der Waals surface area contributed by atoms with E-state index in [1.54, 1.807) is 6.92 Å². The van der Waals surface area contributed by atoms with Crippen LogP contribution in [0.3, 0.4) is 0 Å². The van der Waals surface area contributed by atoms with Gasteiger partial charge in [0, 0.05) is 17.1 Å². The van der Waals surface area contributed by atoms with Crippen LogP contribution in [0.15, 0.2) is 22.7 Å². The Kier molecular flexibility index (Phi) is 8.37. The number of amides is 1. The highest BCUT2D eigenvalue weighted by Crippen LogP contribution is 2.40. The predicted molar refractivity (Wildman–Crippen MR) is 113 cm³/mol. The number of fused-ring (bicyclic) bond motifs is 1. The number of nitrogens with one attached hydrogen (secondary N) is 1. The van der Waals surface area contributed by atoms with Gasteiger partial charge in [0.1, 0.15) is 11.8 Å². The number of hydrogen-bond donors (Lipinski definition) is 3. The van der Waals surface area contributed by atoms with Crippen LogP contribution in [0.1, 0.15) is 30.4 Å². The van der Waals surface area contributed by atoms with Gasteiger partial charge in [0.25, 0.3) is 5.91 Å². The van der Waals surface area contributed by atoms with Crippen molar-refractivity contribution < 1.29 is 32.2 Å². The second-order valence-corrected chi connectivity index (χ2v) is 7.57. The fourth-order valence-corrected chi connectivity index (χ4v) is 3.46. The fourth-order valence-electron chi connectivity index (χ4n) is 3.18. The number of nitrogens with two attached hydrogens (primary N) is 2. The second-order valence-electron chi connectivity index (χ2n) is 7.13. The first kappa shape index (κ1) is 25.3. The van der Waals surface area contributed by atoms with E-state index >= 15 is 0 Å². The molecule has 1 aromatic carbocycles. The minimum Gasteiger partial charge on any atom is -0.475 e. The van der Waals surface area contributed by atoms with Crippen molar-refractivity contribution in [2.45, 2.75) is 44.5 Å². The summed E-state index contributed by atoms with van der Waals surface area (Å²) in [7, 11) is 1.11. The number of methoxy groups -OCH3 is 1. The largest absolute Gasteiger partial charge is 0.475 e. The van der Waals surface area contributed by atoms with Gasteiger partial charge in [-0.25, -0.2) is 4.79 Å². The molecule has 1 aromatic rings. The number of unbranched alkanes of at least 4 members (excludes halogenated alkanes) is 1. The molecular formula is C20H24ClF3N4O4. The molecule has 2 atom stereocenters. The van der Waals surface area contributed by atoms with Crippen LogP contribution >= 0.6 is 11.6 Å². The van der Waals surface area contributed by atoms with Gasteiger partial charge in [-0.05, 0) is 50.0 Å². The molecule has 1 aliphatic rings. The Bertz CT molecular complexity index is 930. The Balaban J connectivity index is 2.26. The summed E-state index contributed by atoms with van der Waals surface area (Å²) in [5.74, 6) is -1.99. The van der Waals surface area contributed by atoms with Gasteiger partial charge in [0.2, 0.25) is 6.10 Å². The van der Waals surface area contributed by atoms with Crippen LogP contribution in [-0.4, -0.2) is 49.8 Å². The van der Waals surface area contributed by atoms with Crippen molar-refractivity contribution in [3.8, 4) is 5.75 Å². The van der Waals surface area contributed by atoms with Gasteiger partial charge in [-0.3, -0.25) is 9.79 Å². The smallest absolute Gasteiger partial charge is 0.429 e. The van der Waals surface area contributed by atoms with Gasteiger partial charge in [-0.15, -0.1) is 0 Å². The highest BCUT2D eigenvalue weighted by Gasteiger charge is 2.49. The minimum absolute atomic E-state index is 0.0162. The number of guanidine groups is 1. The predicted octanol–water partition coefficient (Wildman–Crippen LogP) is 2.46. The topological polar surface area (TPSA) is 129 Å². The number of benzene rings is 1. The average molecular weight is 477 g/mol. The molecule has 176 valence electrons. The first-order valence-corrected chi connectivity index (χ1v) is 10.0. The van der Waals surface area contributed by atoms with Crippen LogP contribution in [0.25, 0.3) is 6.08 Å². The van der Waals surface area contributed by atoms with Crippen LogP contribution < -0.4 is 21.5 Å². The van der Waals surface area contributed by atoms with Gasteiger partial charge >= 0.3 is 12.1 Å². The van der Waals surface area contributed by atoms with E-state index in [1.165, 1.54) is 12.1 Å². The molecule has 1 aliphatic heterocycles. The standard InChI is InChI=1S/C20H24ClF3N4O4/c1-10-7-12(21)8-11-9-13(16(20(22,23)24)32-15(10)11)17(29)28-14(18(30)31-2)5-3-4-6-27-19(25)26/h7-9,14,16H,3-6H2,1-2H3,(H,28,29)(H4,25,26,27)/t14-,16-/m0/s1. The summed E-state index contributed by atoms with van der Waals surface area (Å²) >= 11 is 5.99. The minimum atomic E-state index is -4.87. The summed E-state index contributed by atoms with van der Waals surface area (Å²) in [5, 5.41) is 2.60. The van der Waals surface area contributed by atoms with E-state index in [2.05, 4.69) is 15.0 Å². The van der Waals surface area contributed by atoms with Crippen molar-refractivity contribution in [3.63, 3.8) is 0 Å². The Hall–Kier alpha value is -2.95. The SMILES string of the molecule is COC(=O)[C@H](CCCCN=C(N)N)NC(=O)C1=Cc2cc(Cl)cc(C)c2O[C@@H]1C(F)(F)F. The van der Waals surface area contributed by atoms with Crippen LogP contribution in [0, 0.1) is 6.92 Å². The van der Waals surface area contributed by atoms with E-state index < -0.39 is 35.8 Å². The summed E-state index contributed by atoms with van der Waals surface area (Å²) in [6.07, 6.45) is -5.29. The third-order valence-electron chi connectivity index (χ3n) is 4.64. The number of alkyl halides is 3. The highest BCUT2D eigenvalue weighted by atomic mass is 35.5. The number of ether oxygens (including phenoxy) is 2. The van der Waals surface area contributed by atoms with E-state index in [4.69, 9.17) is 27.8 Å². The van der Waals surface area contributed by atoms with Crippen molar-refractivity contribution in [1.29, 1.82) is 0 Å². The maximum Gasteiger partial charge on any atom is 0.429 e. The summed E-state index contributed by atoms with van der Waals surface area (Å²) in [5.41, 5.74) is 10.4. The van der Waals surface area contributed by atoms with Crippen molar-refractivity contribution in [2.75, 3.05) is 13.7 Å². The van der Waals surface area contributed by atoms with E-state index in [0.29, 0.717) is 24.9 Å². The maximum atomic E-state index is 13.7. The lowest BCUT2D eigenvalue weighted by molar-refractivity contribution is -0.185. The molecule has 0 saturated carbocycles. The molecule has 32 heavy (non-hydrogen) atoms. The molecule has 0 saturated heterocycles. The number of aryl methyl sites for hydroxylation is 1. The summed E-state index contributed by atoms with van der Waals surface area (Å²) < 4.78 is 50.8. The number of rotatable bonds is 8. The zero-order chi connectivity index (χ0) is 24.1. The number of carbonyl (C=O) groups is 2. The van der Waals surface area contributed by atoms with Crippen LogP contribution in [0.4, 0.5) is 13.2 Å². The van der Waals surface area contributed by atoms with Crippen LogP contribution in [-0.2, 0) is 14.3 Å². The number of carbonyl (C=O) groups excluding carboxylic acids is 2. The number of aliphatic imine (C=N–C) groups is 1. The third kappa shape index (κ3) is 6.52. The maximum absolute atomic E-state index is 13.7. The summed E-state index contributed by atoms with van der Waals surface area (Å²) in [6.45, 7) is 1.85. The first-order chi connectivity index (χ1) is 14.9. The van der Waals surface area contributed by atoms with Crippen LogP contribution in [0.2, 0.25) is 5.02 Å².